The average Bonchev–Trinajstić information content (AvgIpc) is 2.31. The predicted octanol–water partition coefficient (Wildman–Crippen LogP) is 3.57. The molecular formula is C15H26O4. The van der Waals surface area contributed by atoms with Gasteiger partial charge in [0, 0.05) is 0 Å². The van der Waals surface area contributed by atoms with Crippen molar-refractivity contribution in [2.75, 3.05) is 0 Å². The highest BCUT2D eigenvalue weighted by Crippen LogP contribution is 2.41. The molecule has 110 valence electrons. The lowest BCUT2D eigenvalue weighted by Crippen LogP contribution is -2.42. The fourth-order valence-electron chi connectivity index (χ4n) is 2.49. The van der Waals surface area contributed by atoms with Crippen molar-refractivity contribution >= 4 is 11.9 Å². The summed E-state index contributed by atoms with van der Waals surface area (Å²) in [6.45, 7) is 9.49. The molecule has 4 nitrogen and oxygen atoms in total. The zero-order valence-corrected chi connectivity index (χ0v) is 12.2. The quantitative estimate of drug-likeness (QED) is 0.595. The molecule has 0 aromatic heterocycles. The van der Waals surface area contributed by atoms with Crippen LogP contribution >= 0.6 is 0 Å². The predicted molar refractivity (Wildman–Crippen MR) is 75.0 cm³/mol. The van der Waals surface area contributed by atoms with Gasteiger partial charge in [-0.3, -0.25) is 9.59 Å². The van der Waals surface area contributed by atoms with Crippen molar-refractivity contribution in [1.82, 2.24) is 0 Å². The van der Waals surface area contributed by atoms with Crippen LogP contribution in [-0.2, 0) is 9.59 Å². The van der Waals surface area contributed by atoms with E-state index in [2.05, 4.69) is 6.58 Å². The molecule has 0 amide bonds. The topological polar surface area (TPSA) is 74.6 Å². The largest absolute Gasteiger partial charge is 0.481 e. The number of hydrogen-bond donors (Lipinski definition) is 2. The van der Waals surface area contributed by atoms with E-state index in [-0.39, 0.29) is 6.42 Å². The second-order valence-electron chi connectivity index (χ2n) is 5.57. The van der Waals surface area contributed by atoms with E-state index in [4.69, 9.17) is 0 Å². The Morgan fingerprint density at radius 1 is 1.26 bits per heavy atom. The molecule has 0 aliphatic heterocycles. The number of carboxylic acid groups (broad SMARTS) is 2. The third-order valence-electron chi connectivity index (χ3n) is 3.64. The van der Waals surface area contributed by atoms with Gasteiger partial charge in [0.25, 0.3) is 0 Å². The molecular weight excluding hydrogens is 244 g/mol. The Bertz CT molecular complexity index is 322. The highest BCUT2D eigenvalue weighted by atomic mass is 16.4. The van der Waals surface area contributed by atoms with Crippen LogP contribution in [0.2, 0.25) is 0 Å². The van der Waals surface area contributed by atoms with Crippen molar-refractivity contribution in [2.24, 2.45) is 17.3 Å². The number of aliphatic carboxylic acids is 2. The van der Waals surface area contributed by atoms with Gasteiger partial charge in [-0.15, -0.1) is 6.58 Å². The Kier molecular flexibility index (Phi) is 7.42. The molecule has 0 radical (unpaired) electrons. The normalized spacial score (nSPS) is 15.8. The second-order valence-corrected chi connectivity index (χ2v) is 5.57. The smallest absolute Gasteiger partial charge is 0.310 e. The van der Waals surface area contributed by atoms with Crippen molar-refractivity contribution in [1.29, 1.82) is 0 Å². The fourth-order valence-corrected chi connectivity index (χ4v) is 2.49. The summed E-state index contributed by atoms with van der Waals surface area (Å²) in [6, 6.07) is 0. The summed E-state index contributed by atoms with van der Waals surface area (Å²) in [7, 11) is 0. The molecule has 2 unspecified atom stereocenters. The van der Waals surface area contributed by atoms with Crippen molar-refractivity contribution in [2.45, 2.75) is 52.9 Å². The van der Waals surface area contributed by atoms with E-state index >= 15 is 0 Å². The Morgan fingerprint density at radius 2 is 1.84 bits per heavy atom. The molecule has 0 bridgehead atoms. The van der Waals surface area contributed by atoms with Crippen LogP contribution in [0.3, 0.4) is 0 Å². The molecule has 4 heteroatoms. The minimum Gasteiger partial charge on any atom is -0.481 e. The van der Waals surface area contributed by atoms with Gasteiger partial charge in [-0.25, -0.2) is 0 Å². The minimum atomic E-state index is -1.23. The lowest BCUT2D eigenvalue weighted by Gasteiger charge is -2.34. The summed E-state index contributed by atoms with van der Waals surface area (Å²) in [4.78, 5) is 23.2. The molecule has 0 saturated heterocycles. The van der Waals surface area contributed by atoms with E-state index in [0.717, 1.165) is 0 Å². The van der Waals surface area contributed by atoms with Gasteiger partial charge in [-0.1, -0.05) is 33.3 Å². The number of rotatable bonds is 10. The Morgan fingerprint density at radius 3 is 2.16 bits per heavy atom. The van der Waals surface area contributed by atoms with Crippen LogP contribution in [-0.4, -0.2) is 22.2 Å². The summed E-state index contributed by atoms with van der Waals surface area (Å²) in [5.41, 5.74) is -1.23. The van der Waals surface area contributed by atoms with Gasteiger partial charge >= 0.3 is 11.9 Å². The van der Waals surface area contributed by atoms with Crippen LogP contribution in [0.15, 0.2) is 12.7 Å². The van der Waals surface area contributed by atoms with E-state index in [1.54, 1.807) is 0 Å². The highest BCUT2D eigenvalue weighted by Gasteiger charge is 2.47. The van der Waals surface area contributed by atoms with Crippen molar-refractivity contribution < 1.29 is 19.8 Å². The first-order chi connectivity index (χ1) is 8.81. The molecule has 0 aromatic rings. The van der Waals surface area contributed by atoms with E-state index in [1.165, 1.54) is 6.08 Å². The van der Waals surface area contributed by atoms with Gasteiger partial charge in [-0.05, 0) is 31.6 Å². The Labute approximate surface area is 115 Å². The Balaban J connectivity index is 5.44. The maximum absolute atomic E-state index is 11.7. The van der Waals surface area contributed by atoms with Crippen LogP contribution in [0.1, 0.15) is 52.9 Å². The maximum Gasteiger partial charge on any atom is 0.310 e. The SMILES string of the molecule is C=CCC(CCC(C)C)(C(=O)O)C(CCC)C(=O)O. The molecule has 0 heterocycles. The molecule has 0 aromatic carbocycles. The van der Waals surface area contributed by atoms with E-state index in [9.17, 15) is 19.8 Å². The first-order valence-corrected chi connectivity index (χ1v) is 6.88. The van der Waals surface area contributed by atoms with Gasteiger partial charge in [-0.2, -0.15) is 0 Å². The molecule has 0 fully saturated rings. The van der Waals surface area contributed by atoms with E-state index < -0.39 is 23.3 Å². The van der Waals surface area contributed by atoms with Crippen LogP contribution < -0.4 is 0 Å². The third kappa shape index (κ3) is 4.69. The molecule has 0 spiro atoms. The lowest BCUT2D eigenvalue weighted by atomic mass is 9.67. The molecule has 0 aliphatic carbocycles. The van der Waals surface area contributed by atoms with Gasteiger partial charge in [0.2, 0.25) is 0 Å². The fraction of sp³-hybridized carbons (Fsp3) is 0.733. The summed E-state index contributed by atoms with van der Waals surface area (Å²) in [5, 5.41) is 19.0. The van der Waals surface area contributed by atoms with Gasteiger partial charge < -0.3 is 10.2 Å². The van der Waals surface area contributed by atoms with Gasteiger partial charge in [0.05, 0.1) is 11.3 Å². The minimum absolute atomic E-state index is 0.200. The first-order valence-electron chi connectivity index (χ1n) is 6.88. The lowest BCUT2D eigenvalue weighted by molar-refractivity contribution is -0.164. The van der Waals surface area contributed by atoms with E-state index in [0.29, 0.717) is 31.6 Å². The molecule has 2 atom stereocenters. The third-order valence-corrected chi connectivity index (χ3v) is 3.64. The monoisotopic (exact) mass is 270 g/mol. The van der Waals surface area contributed by atoms with Crippen molar-refractivity contribution in [3.05, 3.63) is 12.7 Å². The zero-order valence-electron chi connectivity index (χ0n) is 12.2. The van der Waals surface area contributed by atoms with Gasteiger partial charge in [0.15, 0.2) is 0 Å². The van der Waals surface area contributed by atoms with Crippen LogP contribution in [0, 0.1) is 17.3 Å². The maximum atomic E-state index is 11.7. The van der Waals surface area contributed by atoms with Crippen molar-refractivity contribution in [3.8, 4) is 0 Å². The van der Waals surface area contributed by atoms with Crippen molar-refractivity contribution in [3.63, 3.8) is 0 Å². The first kappa shape index (κ1) is 17.7. The summed E-state index contributed by atoms with van der Waals surface area (Å²) in [6.07, 6.45) is 3.85. The Hall–Kier alpha value is -1.32. The summed E-state index contributed by atoms with van der Waals surface area (Å²) >= 11 is 0. The average molecular weight is 270 g/mol. The molecule has 19 heavy (non-hydrogen) atoms. The van der Waals surface area contributed by atoms with E-state index in [1.807, 2.05) is 20.8 Å². The summed E-state index contributed by atoms with van der Waals surface area (Å²) in [5.74, 6) is -2.55. The zero-order chi connectivity index (χ0) is 15.1. The number of carboxylic acids is 2. The number of allylic oxidation sites excluding steroid dienone is 1. The number of carbonyl (C=O) groups is 2. The van der Waals surface area contributed by atoms with Crippen LogP contribution in [0.4, 0.5) is 0 Å². The second kappa shape index (κ2) is 7.97. The molecule has 0 aliphatic rings. The molecule has 0 rings (SSSR count). The summed E-state index contributed by atoms with van der Waals surface area (Å²) < 4.78 is 0. The number of hydrogen-bond acceptors (Lipinski definition) is 2. The standard InChI is InChI=1S/C15H26O4/c1-5-7-12(13(16)17)15(9-6-2,14(18)19)10-8-11(3)4/h6,11-12H,2,5,7-10H2,1,3-4H3,(H,16,17)(H,18,19). The van der Waals surface area contributed by atoms with Crippen LogP contribution in [0.5, 0.6) is 0 Å². The van der Waals surface area contributed by atoms with Gasteiger partial charge in [0.1, 0.15) is 0 Å². The van der Waals surface area contributed by atoms with Crippen LogP contribution in [0.25, 0.3) is 0 Å². The molecule has 0 saturated carbocycles. The highest BCUT2D eigenvalue weighted by molar-refractivity contribution is 5.83. The molecule has 2 N–H and O–H groups in total.